The summed E-state index contributed by atoms with van der Waals surface area (Å²) in [7, 11) is 0. The molecule has 1 aromatic rings. The van der Waals surface area contributed by atoms with E-state index in [2.05, 4.69) is 24.5 Å². The molecule has 2 amide bonds. The minimum Gasteiger partial charge on any atom is -0.494 e. The third-order valence-corrected chi connectivity index (χ3v) is 3.92. The quantitative estimate of drug-likeness (QED) is 0.774. The molecule has 23 heavy (non-hydrogen) atoms. The van der Waals surface area contributed by atoms with Gasteiger partial charge in [-0.1, -0.05) is 13.8 Å². The lowest BCUT2D eigenvalue weighted by molar-refractivity contribution is -0.125. The summed E-state index contributed by atoms with van der Waals surface area (Å²) in [6.45, 7) is 7.46. The van der Waals surface area contributed by atoms with Gasteiger partial charge >= 0.3 is 0 Å². The molecule has 1 aromatic carbocycles. The van der Waals surface area contributed by atoms with Gasteiger partial charge in [0.05, 0.1) is 18.4 Å². The number of hydrogen-bond donors (Lipinski definition) is 2. The first-order valence-electron chi connectivity index (χ1n) is 8.32. The Morgan fingerprint density at radius 3 is 2.43 bits per heavy atom. The maximum atomic E-state index is 12.2. The molecule has 1 aliphatic rings. The normalized spacial score (nSPS) is 19.3. The van der Waals surface area contributed by atoms with E-state index >= 15 is 0 Å². The fourth-order valence-corrected chi connectivity index (χ4v) is 2.43. The molecule has 2 N–H and O–H groups in total. The second kappa shape index (κ2) is 7.99. The number of anilines is 1. The van der Waals surface area contributed by atoms with E-state index in [1.807, 2.05) is 31.2 Å². The molecule has 0 bridgehead atoms. The molecule has 0 heterocycles. The predicted octanol–water partition coefficient (Wildman–Crippen LogP) is 2.82. The van der Waals surface area contributed by atoms with Gasteiger partial charge in [-0.05, 0) is 49.9 Å². The highest BCUT2D eigenvalue weighted by molar-refractivity contribution is 5.99. The lowest BCUT2D eigenvalue weighted by Crippen LogP contribution is -2.28. The molecule has 0 aliphatic heterocycles. The van der Waals surface area contributed by atoms with Crippen molar-refractivity contribution in [1.29, 1.82) is 0 Å². The number of carbonyl (C=O) groups excluding carboxylic acids is 2. The molecule has 1 saturated carbocycles. The van der Waals surface area contributed by atoms with Crippen molar-refractivity contribution in [1.82, 2.24) is 5.32 Å². The SMILES string of the molecule is CCOc1ccc(NC(=O)C2CC2C(=O)NCCC(C)C)cc1. The Labute approximate surface area is 137 Å². The minimum atomic E-state index is -0.208. The van der Waals surface area contributed by atoms with Gasteiger partial charge in [0.15, 0.2) is 0 Å². The van der Waals surface area contributed by atoms with Gasteiger partial charge in [-0.25, -0.2) is 0 Å². The second-order valence-corrected chi connectivity index (χ2v) is 6.37. The zero-order valence-corrected chi connectivity index (χ0v) is 14.1. The topological polar surface area (TPSA) is 67.4 Å². The van der Waals surface area contributed by atoms with Gasteiger partial charge in [0.1, 0.15) is 5.75 Å². The van der Waals surface area contributed by atoms with Gasteiger partial charge in [-0.15, -0.1) is 0 Å². The molecular formula is C18H26N2O3. The van der Waals surface area contributed by atoms with E-state index in [1.165, 1.54) is 0 Å². The van der Waals surface area contributed by atoms with Crippen molar-refractivity contribution in [3.63, 3.8) is 0 Å². The molecule has 5 nitrogen and oxygen atoms in total. The van der Waals surface area contributed by atoms with Crippen LogP contribution in [0.25, 0.3) is 0 Å². The summed E-state index contributed by atoms with van der Waals surface area (Å²) in [5.74, 6) is 0.869. The third kappa shape index (κ3) is 5.27. The zero-order valence-electron chi connectivity index (χ0n) is 14.1. The standard InChI is InChI=1S/C18H26N2O3/c1-4-23-14-7-5-13(6-8-14)20-18(22)16-11-15(16)17(21)19-10-9-12(2)3/h5-8,12,15-16H,4,9-11H2,1-3H3,(H,19,21)(H,20,22). The van der Waals surface area contributed by atoms with Crippen LogP contribution in [0.3, 0.4) is 0 Å². The third-order valence-electron chi connectivity index (χ3n) is 3.92. The highest BCUT2D eigenvalue weighted by Crippen LogP contribution is 2.39. The van der Waals surface area contributed by atoms with E-state index < -0.39 is 0 Å². The largest absolute Gasteiger partial charge is 0.494 e. The van der Waals surface area contributed by atoms with Crippen LogP contribution in [0.2, 0.25) is 0 Å². The Kier molecular flexibility index (Phi) is 6.02. The smallest absolute Gasteiger partial charge is 0.228 e. The molecule has 1 fully saturated rings. The van der Waals surface area contributed by atoms with Crippen LogP contribution in [0, 0.1) is 17.8 Å². The van der Waals surface area contributed by atoms with E-state index in [1.54, 1.807) is 0 Å². The van der Waals surface area contributed by atoms with Crippen LogP contribution < -0.4 is 15.4 Å². The van der Waals surface area contributed by atoms with Gasteiger partial charge in [-0.3, -0.25) is 9.59 Å². The van der Waals surface area contributed by atoms with Crippen LogP contribution in [0.5, 0.6) is 5.75 Å². The van der Waals surface area contributed by atoms with Gasteiger partial charge in [-0.2, -0.15) is 0 Å². The van der Waals surface area contributed by atoms with Crippen LogP contribution in [0.1, 0.15) is 33.6 Å². The highest BCUT2D eigenvalue weighted by atomic mass is 16.5. The molecule has 1 aliphatic carbocycles. The van der Waals surface area contributed by atoms with Crippen LogP contribution in [-0.4, -0.2) is 25.0 Å². The van der Waals surface area contributed by atoms with Crippen molar-refractivity contribution in [3.8, 4) is 5.75 Å². The van der Waals surface area contributed by atoms with Crippen molar-refractivity contribution >= 4 is 17.5 Å². The number of rotatable bonds is 8. The van der Waals surface area contributed by atoms with Gasteiger partial charge in [0.2, 0.25) is 11.8 Å². The maximum absolute atomic E-state index is 12.2. The monoisotopic (exact) mass is 318 g/mol. The number of hydrogen-bond acceptors (Lipinski definition) is 3. The molecule has 126 valence electrons. The first-order valence-corrected chi connectivity index (χ1v) is 8.32. The highest BCUT2D eigenvalue weighted by Gasteiger charge is 2.47. The molecular weight excluding hydrogens is 292 g/mol. The molecule has 2 atom stereocenters. The summed E-state index contributed by atoms with van der Waals surface area (Å²) in [4.78, 5) is 24.1. The second-order valence-electron chi connectivity index (χ2n) is 6.37. The lowest BCUT2D eigenvalue weighted by atomic mass is 10.1. The number of nitrogens with one attached hydrogen (secondary N) is 2. The molecule has 0 spiro atoms. The minimum absolute atomic E-state index is 0.00232. The Balaban J connectivity index is 1.76. The Morgan fingerprint density at radius 2 is 1.83 bits per heavy atom. The van der Waals surface area contributed by atoms with E-state index in [4.69, 9.17) is 4.74 Å². The van der Waals surface area contributed by atoms with E-state index in [0.717, 1.165) is 17.9 Å². The van der Waals surface area contributed by atoms with Gasteiger partial charge in [0.25, 0.3) is 0 Å². The molecule has 0 aromatic heterocycles. The first-order chi connectivity index (χ1) is 11.0. The summed E-state index contributed by atoms with van der Waals surface area (Å²) in [6, 6.07) is 7.26. The van der Waals surface area contributed by atoms with Gasteiger partial charge in [0, 0.05) is 12.2 Å². The molecule has 2 unspecified atom stereocenters. The van der Waals surface area contributed by atoms with E-state index in [9.17, 15) is 9.59 Å². The van der Waals surface area contributed by atoms with Crippen molar-refractivity contribution in [2.75, 3.05) is 18.5 Å². The summed E-state index contributed by atoms with van der Waals surface area (Å²) >= 11 is 0. The summed E-state index contributed by atoms with van der Waals surface area (Å²) in [5, 5.41) is 5.77. The average molecular weight is 318 g/mol. The first kappa shape index (κ1) is 17.3. The molecule has 0 saturated heterocycles. The number of benzene rings is 1. The summed E-state index contributed by atoms with van der Waals surface area (Å²) in [6.07, 6.45) is 1.60. The number of amides is 2. The van der Waals surface area contributed by atoms with Crippen LogP contribution in [-0.2, 0) is 9.59 Å². The fraction of sp³-hybridized carbons (Fsp3) is 0.556. The Morgan fingerprint density at radius 1 is 1.17 bits per heavy atom. The van der Waals surface area contributed by atoms with Crippen LogP contribution in [0.15, 0.2) is 24.3 Å². The van der Waals surface area contributed by atoms with Gasteiger partial charge < -0.3 is 15.4 Å². The maximum Gasteiger partial charge on any atom is 0.228 e. The Hall–Kier alpha value is -2.04. The van der Waals surface area contributed by atoms with Crippen molar-refractivity contribution in [2.24, 2.45) is 17.8 Å². The van der Waals surface area contributed by atoms with Crippen molar-refractivity contribution < 1.29 is 14.3 Å². The molecule has 2 rings (SSSR count). The van der Waals surface area contributed by atoms with Crippen molar-refractivity contribution in [2.45, 2.75) is 33.6 Å². The number of carbonyl (C=O) groups is 2. The number of ether oxygens (including phenoxy) is 1. The average Bonchev–Trinajstić information content (AvgIpc) is 3.30. The summed E-state index contributed by atoms with van der Waals surface area (Å²) in [5.41, 5.74) is 0.726. The van der Waals surface area contributed by atoms with E-state index in [-0.39, 0.29) is 23.7 Å². The summed E-state index contributed by atoms with van der Waals surface area (Å²) < 4.78 is 5.36. The zero-order chi connectivity index (χ0) is 16.8. The lowest BCUT2D eigenvalue weighted by Gasteiger charge is -2.08. The Bertz CT molecular complexity index is 540. The molecule has 0 radical (unpaired) electrons. The fourth-order valence-electron chi connectivity index (χ4n) is 2.43. The van der Waals surface area contributed by atoms with Crippen LogP contribution in [0.4, 0.5) is 5.69 Å². The predicted molar refractivity (Wildman–Crippen MR) is 90.3 cm³/mol. The van der Waals surface area contributed by atoms with Crippen molar-refractivity contribution in [3.05, 3.63) is 24.3 Å². The van der Waals surface area contributed by atoms with E-state index in [0.29, 0.717) is 25.5 Å². The molecule has 5 heteroatoms. The van der Waals surface area contributed by atoms with Crippen LogP contribution >= 0.6 is 0 Å².